The summed E-state index contributed by atoms with van der Waals surface area (Å²) in [5.41, 5.74) is 4.03. The van der Waals surface area contributed by atoms with Gasteiger partial charge in [-0.3, -0.25) is 0 Å². The van der Waals surface area contributed by atoms with Gasteiger partial charge in [-0.1, -0.05) is 35.0 Å². The quantitative estimate of drug-likeness (QED) is 0.690. The van der Waals surface area contributed by atoms with E-state index < -0.39 is 0 Å². The van der Waals surface area contributed by atoms with Crippen molar-refractivity contribution in [2.45, 2.75) is 11.8 Å². The molecule has 3 aromatic rings. The fourth-order valence-electron chi connectivity index (χ4n) is 2.33. The van der Waals surface area contributed by atoms with Crippen LogP contribution in [0.5, 0.6) is 0 Å². The number of hydrogen-bond acceptors (Lipinski definition) is 4. The Labute approximate surface area is 133 Å². The molecule has 0 amide bonds. The first-order valence-corrected chi connectivity index (χ1v) is 8.02. The second-order valence-corrected chi connectivity index (χ2v) is 5.76. The molecule has 1 heterocycles. The molecule has 0 saturated heterocycles. The molecule has 0 aliphatic carbocycles. The standard InChI is InChI=1S/C17H14N4S/c1-12-5-3-6-13(9-12)17-16(11-18)19-20-21(17)14-7-4-8-15(10-14)22-2/h3-10H,1-2H3. The summed E-state index contributed by atoms with van der Waals surface area (Å²) in [6.45, 7) is 2.03. The van der Waals surface area contributed by atoms with E-state index >= 15 is 0 Å². The van der Waals surface area contributed by atoms with Crippen LogP contribution in [0.3, 0.4) is 0 Å². The van der Waals surface area contributed by atoms with Gasteiger partial charge < -0.3 is 0 Å². The normalized spacial score (nSPS) is 10.4. The molecular weight excluding hydrogens is 292 g/mol. The van der Waals surface area contributed by atoms with Crippen LogP contribution in [0.1, 0.15) is 11.3 Å². The first-order chi connectivity index (χ1) is 10.7. The van der Waals surface area contributed by atoms with Crippen LogP contribution in [0.2, 0.25) is 0 Å². The van der Waals surface area contributed by atoms with Gasteiger partial charge in [-0.15, -0.1) is 16.9 Å². The van der Waals surface area contributed by atoms with E-state index in [-0.39, 0.29) is 0 Å². The fourth-order valence-corrected chi connectivity index (χ4v) is 2.78. The second-order valence-electron chi connectivity index (χ2n) is 4.88. The maximum atomic E-state index is 9.34. The molecule has 4 nitrogen and oxygen atoms in total. The van der Waals surface area contributed by atoms with Gasteiger partial charge in [-0.2, -0.15) is 5.26 Å². The predicted octanol–water partition coefficient (Wildman–Crippen LogP) is 3.84. The molecule has 108 valence electrons. The fraction of sp³-hybridized carbons (Fsp3) is 0.118. The minimum Gasteiger partial charge on any atom is -0.211 e. The van der Waals surface area contributed by atoms with E-state index in [1.165, 1.54) is 0 Å². The van der Waals surface area contributed by atoms with E-state index in [1.54, 1.807) is 16.4 Å². The average molecular weight is 306 g/mol. The third kappa shape index (κ3) is 2.61. The Hall–Kier alpha value is -2.58. The van der Waals surface area contributed by atoms with Crippen molar-refractivity contribution in [3.63, 3.8) is 0 Å². The molecule has 0 radical (unpaired) electrons. The van der Waals surface area contributed by atoms with Gasteiger partial charge in [0.2, 0.25) is 0 Å². The van der Waals surface area contributed by atoms with Gasteiger partial charge >= 0.3 is 0 Å². The van der Waals surface area contributed by atoms with E-state index in [1.807, 2.05) is 61.7 Å². The van der Waals surface area contributed by atoms with Crippen molar-refractivity contribution in [3.8, 4) is 23.0 Å². The summed E-state index contributed by atoms with van der Waals surface area (Å²) in [6, 6.07) is 18.2. The zero-order valence-electron chi connectivity index (χ0n) is 12.3. The maximum Gasteiger partial charge on any atom is 0.191 e. The van der Waals surface area contributed by atoms with Gasteiger partial charge in [0.05, 0.1) is 5.69 Å². The largest absolute Gasteiger partial charge is 0.211 e. The van der Waals surface area contributed by atoms with E-state index in [0.29, 0.717) is 5.69 Å². The molecule has 22 heavy (non-hydrogen) atoms. The lowest BCUT2D eigenvalue weighted by molar-refractivity contribution is 0.805. The highest BCUT2D eigenvalue weighted by Gasteiger charge is 2.16. The predicted molar refractivity (Wildman–Crippen MR) is 88.0 cm³/mol. The summed E-state index contributed by atoms with van der Waals surface area (Å²) in [4.78, 5) is 1.14. The third-order valence-electron chi connectivity index (χ3n) is 3.37. The Morgan fingerprint density at radius 2 is 1.95 bits per heavy atom. The van der Waals surface area contributed by atoms with Crippen molar-refractivity contribution in [3.05, 3.63) is 59.8 Å². The van der Waals surface area contributed by atoms with Crippen LogP contribution >= 0.6 is 11.8 Å². The Morgan fingerprint density at radius 3 is 2.68 bits per heavy atom. The Morgan fingerprint density at radius 1 is 1.14 bits per heavy atom. The van der Waals surface area contributed by atoms with Crippen LogP contribution in [-0.2, 0) is 0 Å². The van der Waals surface area contributed by atoms with Crippen molar-refractivity contribution < 1.29 is 0 Å². The molecule has 0 aliphatic rings. The maximum absolute atomic E-state index is 9.34. The topological polar surface area (TPSA) is 54.5 Å². The number of nitriles is 1. The molecule has 0 spiro atoms. The summed E-state index contributed by atoms with van der Waals surface area (Å²) in [5.74, 6) is 0. The molecule has 2 aromatic carbocycles. The highest BCUT2D eigenvalue weighted by Crippen LogP contribution is 2.27. The van der Waals surface area contributed by atoms with E-state index in [4.69, 9.17) is 0 Å². The van der Waals surface area contributed by atoms with Gasteiger partial charge in [0.1, 0.15) is 11.8 Å². The van der Waals surface area contributed by atoms with Gasteiger partial charge in [-0.05, 0) is 37.4 Å². The first-order valence-electron chi connectivity index (χ1n) is 6.80. The molecule has 1 aromatic heterocycles. The van der Waals surface area contributed by atoms with Crippen LogP contribution in [0.25, 0.3) is 16.9 Å². The summed E-state index contributed by atoms with van der Waals surface area (Å²) in [6.07, 6.45) is 2.03. The zero-order chi connectivity index (χ0) is 15.5. The number of thioether (sulfide) groups is 1. The van der Waals surface area contributed by atoms with Gasteiger partial charge in [-0.25, -0.2) is 4.68 Å². The van der Waals surface area contributed by atoms with Crippen LogP contribution < -0.4 is 0 Å². The molecular formula is C17H14N4S. The van der Waals surface area contributed by atoms with Crippen molar-refractivity contribution >= 4 is 11.8 Å². The number of nitrogens with zero attached hydrogens (tertiary/aromatic N) is 4. The summed E-state index contributed by atoms with van der Waals surface area (Å²) < 4.78 is 1.73. The van der Waals surface area contributed by atoms with Crippen LogP contribution in [0, 0.1) is 18.3 Å². The second kappa shape index (κ2) is 6.04. The highest BCUT2D eigenvalue weighted by atomic mass is 32.2. The van der Waals surface area contributed by atoms with Crippen LogP contribution in [0.4, 0.5) is 0 Å². The molecule has 0 fully saturated rings. The third-order valence-corrected chi connectivity index (χ3v) is 4.09. The lowest BCUT2D eigenvalue weighted by Crippen LogP contribution is -2.00. The van der Waals surface area contributed by atoms with Gasteiger partial charge in [0.15, 0.2) is 5.69 Å². The summed E-state index contributed by atoms with van der Waals surface area (Å²) in [5, 5.41) is 17.5. The minimum atomic E-state index is 0.333. The zero-order valence-corrected chi connectivity index (χ0v) is 13.1. The lowest BCUT2D eigenvalue weighted by Gasteiger charge is -2.08. The number of benzene rings is 2. The summed E-state index contributed by atoms with van der Waals surface area (Å²) in [7, 11) is 0. The van der Waals surface area contributed by atoms with E-state index in [9.17, 15) is 5.26 Å². The Bertz CT molecular complexity index is 861. The van der Waals surface area contributed by atoms with E-state index in [0.717, 1.165) is 27.4 Å². The monoisotopic (exact) mass is 306 g/mol. The highest BCUT2D eigenvalue weighted by molar-refractivity contribution is 7.98. The molecule has 5 heteroatoms. The number of hydrogen-bond donors (Lipinski definition) is 0. The van der Waals surface area contributed by atoms with Crippen LogP contribution in [0.15, 0.2) is 53.4 Å². The average Bonchev–Trinajstić information content (AvgIpc) is 2.99. The number of rotatable bonds is 3. The minimum absolute atomic E-state index is 0.333. The first kappa shape index (κ1) is 14.4. The molecule has 0 atom stereocenters. The number of aryl methyl sites for hydroxylation is 1. The smallest absolute Gasteiger partial charge is 0.191 e. The summed E-state index contributed by atoms with van der Waals surface area (Å²) >= 11 is 1.67. The van der Waals surface area contributed by atoms with Gasteiger partial charge in [0, 0.05) is 10.5 Å². The van der Waals surface area contributed by atoms with Crippen molar-refractivity contribution in [1.82, 2.24) is 15.0 Å². The van der Waals surface area contributed by atoms with E-state index in [2.05, 4.69) is 16.4 Å². The van der Waals surface area contributed by atoms with Gasteiger partial charge in [0.25, 0.3) is 0 Å². The van der Waals surface area contributed by atoms with Crippen molar-refractivity contribution in [2.24, 2.45) is 0 Å². The Kier molecular flexibility index (Phi) is 3.94. The molecule has 0 unspecified atom stereocenters. The molecule has 0 aliphatic heterocycles. The van der Waals surface area contributed by atoms with Crippen LogP contribution in [-0.4, -0.2) is 21.2 Å². The number of aromatic nitrogens is 3. The molecule has 0 N–H and O–H groups in total. The molecule has 0 saturated carbocycles. The molecule has 3 rings (SSSR count). The van der Waals surface area contributed by atoms with Crippen molar-refractivity contribution in [1.29, 1.82) is 5.26 Å². The van der Waals surface area contributed by atoms with Crippen molar-refractivity contribution in [2.75, 3.05) is 6.26 Å². The Balaban J connectivity index is 2.21. The SMILES string of the molecule is CSc1cccc(-n2nnc(C#N)c2-c2cccc(C)c2)c1. The lowest BCUT2D eigenvalue weighted by atomic mass is 10.1. The molecule has 0 bridgehead atoms.